The third kappa shape index (κ3) is 7.03. The number of halogens is 6. The van der Waals surface area contributed by atoms with Gasteiger partial charge in [-0.3, -0.25) is 0 Å². The van der Waals surface area contributed by atoms with Gasteiger partial charge in [-0.2, -0.15) is 17.6 Å². The van der Waals surface area contributed by atoms with Crippen molar-refractivity contribution in [1.29, 1.82) is 0 Å². The topological polar surface area (TPSA) is 18.5 Å². The second-order valence-electron chi connectivity index (χ2n) is 6.88. The van der Waals surface area contributed by atoms with Gasteiger partial charge in [-0.25, -0.2) is 8.78 Å². The molecule has 0 saturated carbocycles. The average molecular weight is 476 g/mol. The molecule has 0 aliphatic heterocycles. The summed E-state index contributed by atoms with van der Waals surface area (Å²) in [5.41, 5.74) is -0.548. The minimum Gasteiger partial charge on any atom is -0.429 e. The second kappa shape index (κ2) is 10.8. The maximum Gasteiger partial charge on any atom is 0.426 e. The molecule has 0 spiro atoms. The third-order valence-electron chi connectivity index (χ3n) is 4.30. The van der Waals surface area contributed by atoms with Crippen molar-refractivity contribution >= 4 is 0 Å². The van der Waals surface area contributed by atoms with Gasteiger partial charge in [-0.05, 0) is 48.5 Å². The summed E-state index contributed by atoms with van der Waals surface area (Å²) < 4.78 is 89.1. The van der Waals surface area contributed by atoms with E-state index in [9.17, 15) is 26.3 Å². The summed E-state index contributed by atoms with van der Waals surface area (Å²) in [5.74, 6) is -1.66. The van der Waals surface area contributed by atoms with Crippen LogP contribution in [0.15, 0.2) is 109 Å². The SMILES string of the molecule is Fc1cccc(OC(F)(F)c2ccccc2)c1.Fc1cccc(OC(F)(F)c2ccccc2)c1. The standard InChI is InChI=1S/2C13H9F3O/c2*14-11-7-4-8-12(9-11)17-13(15,16)10-5-2-1-3-6-10/h2*1-9H. The van der Waals surface area contributed by atoms with Crippen molar-refractivity contribution < 1.29 is 35.8 Å². The molecule has 0 aliphatic rings. The first-order chi connectivity index (χ1) is 16.2. The van der Waals surface area contributed by atoms with Crippen LogP contribution in [-0.4, -0.2) is 0 Å². The maximum absolute atomic E-state index is 13.6. The van der Waals surface area contributed by atoms with Gasteiger partial charge in [-0.15, -0.1) is 0 Å². The number of benzene rings is 4. The zero-order valence-electron chi connectivity index (χ0n) is 17.5. The van der Waals surface area contributed by atoms with Gasteiger partial charge in [0, 0.05) is 12.1 Å². The molecule has 8 heteroatoms. The lowest BCUT2D eigenvalue weighted by Crippen LogP contribution is -2.21. The molecule has 0 aliphatic carbocycles. The Balaban J connectivity index is 0.000000191. The summed E-state index contributed by atoms with van der Waals surface area (Å²) in [6.45, 7) is 0. The first kappa shape index (κ1) is 24.7. The van der Waals surface area contributed by atoms with Gasteiger partial charge in [0.15, 0.2) is 0 Å². The predicted molar refractivity (Wildman–Crippen MR) is 115 cm³/mol. The molecule has 4 rings (SSSR count). The molecule has 4 aromatic rings. The van der Waals surface area contributed by atoms with E-state index in [1.165, 1.54) is 72.8 Å². The number of hydrogen-bond acceptors (Lipinski definition) is 2. The van der Waals surface area contributed by atoms with E-state index in [0.717, 1.165) is 24.3 Å². The molecule has 34 heavy (non-hydrogen) atoms. The Morgan fingerprint density at radius 2 is 0.794 bits per heavy atom. The van der Waals surface area contributed by atoms with Gasteiger partial charge in [0.2, 0.25) is 0 Å². The van der Waals surface area contributed by atoms with Crippen LogP contribution in [0.3, 0.4) is 0 Å². The van der Waals surface area contributed by atoms with Crippen molar-refractivity contribution in [2.75, 3.05) is 0 Å². The van der Waals surface area contributed by atoms with E-state index in [4.69, 9.17) is 0 Å². The van der Waals surface area contributed by atoms with Crippen molar-refractivity contribution in [2.45, 2.75) is 12.2 Å². The number of alkyl halides is 4. The second-order valence-corrected chi connectivity index (χ2v) is 6.88. The normalized spacial score (nSPS) is 11.2. The van der Waals surface area contributed by atoms with Gasteiger partial charge in [0.25, 0.3) is 0 Å². The van der Waals surface area contributed by atoms with Gasteiger partial charge in [0.1, 0.15) is 23.1 Å². The first-order valence-corrected chi connectivity index (χ1v) is 9.91. The predicted octanol–water partition coefficient (Wildman–Crippen LogP) is 7.91. The lowest BCUT2D eigenvalue weighted by Gasteiger charge is -2.18. The zero-order chi connectivity index (χ0) is 24.6. The zero-order valence-corrected chi connectivity index (χ0v) is 17.5. The van der Waals surface area contributed by atoms with E-state index in [1.807, 2.05) is 0 Å². The molecule has 0 aromatic heterocycles. The Hall–Kier alpha value is -3.94. The van der Waals surface area contributed by atoms with Crippen LogP contribution in [0.25, 0.3) is 0 Å². The van der Waals surface area contributed by atoms with Gasteiger partial charge in [-0.1, -0.05) is 48.5 Å². The van der Waals surface area contributed by atoms with Crippen LogP contribution in [0.4, 0.5) is 26.3 Å². The van der Waals surface area contributed by atoms with Crippen molar-refractivity contribution in [3.05, 3.63) is 132 Å². The Morgan fingerprint density at radius 1 is 0.441 bits per heavy atom. The van der Waals surface area contributed by atoms with E-state index < -0.39 is 23.9 Å². The summed E-state index contributed by atoms with van der Waals surface area (Å²) >= 11 is 0. The van der Waals surface area contributed by atoms with Crippen LogP contribution >= 0.6 is 0 Å². The Morgan fingerprint density at radius 3 is 1.12 bits per heavy atom. The van der Waals surface area contributed by atoms with Crippen molar-refractivity contribution in [3.8, 4) is 11.5 Å². The van der Waals surface area contributed by atoms with Gasteiger partial charge >= 0.3 is 12.2 Å². The molecule has 0 bridgehead atoms. The molecule has 2 nitrogen and oxygen atoms in total. The van der Waals surface area contributed by atoms with Crippen molar-refractivity contribution in [1.82, 2.24) is 0 Å². The lowest BCUT2D eigenvalue weighted by atomic mass is 10.2. The minimum atomic E-state index is -3.48. The highest BCUT2D eigenvalue weighted by Crippen LogP contribution is 2.32. The van der Waals surface area contributed by atoms with E-state index >= 15 is 0 Å². The van der Waals surface area contributed by atoms with Gasteiger partial charge in [0.05, 0.1) is 11.1 Å². The minimum absolute atomic E-state index is 0.209. The summed E-state index contributed by atoms with van der Waals surface area (Å²) in [5, 5.41) is 0. The fraction of sp³-hybridized carbons (Fsp3) is 0.0769. The summed E-state index contributed by atoms with van der Waals surface area (Å²) in [4.78, 5) is 0. The van der Waals surface area contributed by atoms with E-state index in [1.54, 1.807) is 12.1 Å². The molecule has 0 atom stereocenters. The summed E-state index contributed by atoms with van der Waals surface area (Å²) in [6.07, 6.45) is -6.95. The first-order valence-electron chi connectivity index (χ1n) is 9.91. The molecule has 176 valence electrons. The van der Waals surface area contributed by atoms with Crippen LogP contribution in [0.5, 0.6) is 11.5 Å². The smallest absolute Gasteiger partial charge is 0.426 e. The van der Waals surface area contributed by atoms with Crippen molar-refractivity contribution in [3.63, 3.8) is 0 Å². The number of ether oxygens (including phenoxy) is 2. The fourth-order valence-corrected chi connectivity index (χ4v) is 2.74. The highest BCUT2D eigenvalue weighted by atomic mass is 19.3. The highest BCUT2D eigenvalue weighted by Gasteiger charge is 2.35. The lowest BCUT2D eigenvalue weighted by molar-refractivity contribution is -0.186. The summed E-state index contributed by atoms with van der Waals surface area (Å²) in [6, 6.07) is 23.5. The van der Waals surface area contributed by atoms with E-state index in [-0.39, 0.29) is 22.6 Å². The largest absolute Gasteiger partial charge is 0.429 e. The molecular weight excluding hydrogens is 458 g/mol. The molecule has 0 amide bonds. The molecule has 0 saturated heterocycles. The van der Waals surface area contributed by atoms with E-state index in [0.29, 0.717) is 0 Å². The maximum atomic E-state index is 13.6. The fourth-order valence-electron chi connectivity index (χ4n) is 2.74. The molecule has 0 unspecified atom stereocenters. The van der Waals surface area contributed by atoms with Crippen LogP contribution in [-0.2, 0) is 12.2 Å². The van der Waals surface area contributed by atoms with E-state index in [2.05, 4.69) is 9.47 Å². The highest BCUT2D eigenvalue weighted by molar-refractivity contribution is 5.26. The third-order valence-corrected chi connectivity index (χ3v) is 4.30. The van der Waals surface area contributed by atoms with Gasteiger partial charge < -0.3 is 9.47 Å². The quantitative estimate of drug-likeness (QED) is 0.263. The van der Waals surface area contributed by atoms with Crippen LogP contribution in [0, 0.1) is 11.6 Å². The monoisotopic (exact) mass is 476 g/mol. The summed E-state index contributed by atoms with van der Waals surface area (Å²) in [7, 11) is 0. The van der Waals surface area contributed by atoms with Crippen molar-refractivity contribution in [2.24, 2.45) is 0 Å². The number of rotatable bonds is 6. The Kier molecular flexibility index (Phi) is 7.83. The van der Waals surface area contributed by atoms with Crippen LogP contribution in [0.1, 0.15) is 11.1 Å². The Bertz CT molecular complexity index is 1090. The molecule has 0 N–H and O–H groups in total. The molecule has 0 heterocycles. The van der Waals surface area contributed by atoms with Crippen LogP contribution in [0.2, 0.25) is 0 Å². The Labute approximate surface area is 192 Å². The molecule has 0 radical (unpaired) electrons. The number of hydrogen-bond donors (Lipinski definition) is 0. The molecule has 0 fully saturated rings. The molecule has 4 aromatic carbocycles. The van der Waals surface area contributed by atoms with Crippen LogP contribution < -0.4 is 9.47 Å². The average Bonchev–Trinajstić information content (AvgIpc) is 2.80. The molecular formula is C26H18F6O2.